The Morgan fingerprint density at radius 1 is 1.22 bits per heavy atom. The van der Waals surface area contributed by atoms with E-state index in [4.69, 9.17) is 15.7 Å². The van der Waals surface area contributed by atoms with Crippen LogP contribution in [-0.2, 0) is 26.0 Å². The lowest BCUT2D eigenvalue weighted by Gasteiger charge is -2.32. The zero-order valence-electron chi connectivity index (χ0n) is 13.9. The number of terminal acetylenes is 1. The molecule has 1 saturated heterocycles. The third kappa shape index (κ3) is 3.30. The second-order valence-corrected chi connectivity index (χ2v) is 8.03. The van der Waals surface area contributed by atoms with E-state index in [0.29, 0.717) is 11.0 Å². The number of halogens is 1. The van der Waals surface area contributed by atoms with Crippen molar-refractivity contribution in [3.63, 3.8) is 0 Å². The molecule has 0 spiro atoms. The molecule has 1 heterocycles. The summed E-state index contributed by atoms with van der Waals surface area (Å²) in [6.07, 6.45) is 5.48. The van der Waals surface area contributed by atoms with Crippen LogP contribution in [0.1, 0.15) is 38.8 Å². The molecule has 1 fully saturated rings. The number of rotatable bonds is 3. The van der Waals surface area contributed by atoms with Crippen molar-refractivity contribution in [2.75, 3.05) is 0 Å². The first-order chi connectivity index (χ1) is 10.4. The fourth-order valence-corrected chi connectivity index (χ4v) is 3.23. The molecule has 4 nitrogen and oxygen atoms in total. The molecule has 0 amide bonds. The highest BCUT2D eigenvalue weighted by Crippen LogP contribution is 2.37. The molecule has 0 aromatic heterocycles. The SMILES string of the molecule is C#CCc1cc(B2OC(C)(C)C(C)(C)O2)c(C)c(S(=O)(=O)F)c1. The van der Waals surface area contributed by atoms with E-state index in [-0.39, 0.29) is 12.0 Å². The number of hydrogen-bond acceptors (Lipinski definition) is 4. The lowest BCUT2D eigenvalue weighted by Crippen LogP contribution is -2.41. The van der Waals surface area contributed by atoms with Crippen LogP contribution in [0.4, 0.5) is 3.89 Å². The predicted octanol–water partition coefficient (Wildman–Crippen LogP) is 2.13. The number of benzene rings is 1. The van der Waals surface area contributed by atoms with Gasteiger partial charge in [0.25, 0.3) is 0 Å². The third-order valence-electron chi connectivity index (χ3n) is 4.54. The Hall–Kier alpha value is -1.36. The molecule has 1 aliphatic rings. The van der Waals surface area contributed by atoms with E-state index in [9.17, 15) is 12.3 Å². The fraction of sp³-hybridized carbons (Fsp3) is 0.500. The van der Waals surface area contributed by atoms with Gasteiger partial charge in [0.05, 0.1) is 11.2 Å². The van der Waals surface area contributed by atoms with E-state index in [0.717, 1.165) is 0 Å². The predicted molar refractivity (Wildman–Crippen MR) is 87.7 cm³/mol. The summed E-state index contributed by atoms with van der Waals surface area (Å²) < 4.78 is 48.4. The summed E-state index contributed by atoms with van der Waals surface area (Å²) in [5.74, 6) is 2.43. The van der Waals surface area contributed by atoms with Crippen molar-refractivity contribution in [2.24, 2.45) is 0 Å². The number of hydrogen-bond donors (Lipinski definition) is 0. The van der Waals surface area contributed by atoms with Crippen LogP contribution in [0.25, 0.3) is 0 Å². The summed E-state index contributed by atoms with van der Waals surface area (Å²) in [5, 5.41) is 0. The molecule has 0 atom stereocenters. The van der Waals surface area contributed by atoms with Gasteiger partial charge in [-0.05, 0) is 57.3 Å². The Kier molecular flexibility index (Phi) is 4.40. The molecule has 0 N–H and O–H groups in total. The van der Waals surface area contributed by atoms with E-state index < -0.39 is 33.4 Å². The smallest absolute Gasteiger partial charge is 0.399 e. The normalized spacial score (nSPS) is 19.6. The van der Waals surface area contributed by atoms with Gasteiger partial charge in [0.15, 0.2) is 0 Å². The molecule has 0 saturated carbocycles. The molecule has 2 rings (SSSR count). The highest BCUT2D eigenvalue weighted by atomic mass is 32.3. The Morgan fingerprint density at radius 2 is 1.74 bits per heavy atom. The highest BCUT2D eigenvalue weighted by Gasteiger charge is 2.52. The highest BCUT2D eigenvalue weighted by molar-refractivity contribution is 7.86. The second-order valence-electron chi connectivity index (χ2n) is 6.72. The Morgan fingerprint density at radius 3 is 2.17 bits per heavy atom. The molecule has 124 valence electrons. The summed E-state index contributed by atoms with van der Waals surface area (Å²) in [5.41, 5.74) is 0.112. The minimum atomic E-state index is -4.86. The zero-order valence-corrected chi connectivity index (χ0v) is 14.8. The van der Waals surface area contributed by atoms with Crippen molar-refractivity contribution in [1.82, 2.24) is 0 Å². The van der Waals surface area contributed by atoms with Crippen LogP contribution in [0.15, 0.2) is 17.0 Å². The van der Waals surface area contributed by atoms with Crippen molar-refractivity contribution in [3.8, 4) is 12.3 Å². The first-order valence-electron chi connectivity index (χ1n) is 7.26. The molecular weight excluding hydrogens is 318 g/mol. The average Bonchev–Trinajstić information content (AvgIpc) is 2.59. The summed E-state index contributed by atoms with van der Waals surface area (Å²) in [7, 11) is -5.64. The van der Waals surface area contributed by atoms with E-state index in [2.05, 4.69) is 5.92 Å². The topological polar surface area (TPSA) is 52.6 Å². The summed E-state index contributed by atoms with van der Waals surface area (Å²) in [6, 6.07) is 2.98. The zero-order chi connectivity index (χ0) is 17.6. The van der Waals surface area contributed by atoms with E-state index in [1.54, 1.807) is 6.07 Å². The second kappa shape index (κ2) is 5.62. The molecule has 0 radical (unpaired) electrons. The van der Waals surface area contributed by atoms with Gasteiger partial charge in [-0.2, -0.15) is 8.42 Å². The first kappa shape index (κ1) is 18.0. The Bertz CT molecular complexity index is 762. The van der Waals surface area contributed by atoms with Crippen LogP contribution in [0.5, 0.6) is 0 Å². The monoisotopic (exact) mass is 338 g/mol. The van der Waals surface area contributed by atoms with Crippen LogP contribution in [0.2, 0.25) is 0 Å². The molecule has 23 heavy (non-hydrogen) atoms. The van der Waals surface area contributed by atoms with E-state index >= 15 is 0 Å². The van der Waals surface area contributed by atoms with Gasteiger partial charge in [-0.3, -0.25) is 0 Å². The Balaban J connectivity index is 2.60. The minimum absolute atomic E-state index is 0.190. The van der Waals surface area contributed by atoms with Gasteiger partial charge in [-0.15, -0.1) is 16.2 Å². The van der Waals surface area contributed by atoms with E-state index in [1.807, 2.05) is 27.7 Å². The lowest BCUT2D eigenvalue weighted by molar-refractivity contribution is 0.00578. The first-order valence-corrected chi connectivity index (χ1v) is 8.64. The summed E-state index contributed by atoms with van der Waals surface area (Å²) in [6.45, 7) is 9.09. The quantitative estimate of drug-likeness (QED) is 0.481. The van der Waals surface area contributed by atoms with Crippen LogP contribution in [0, 0.1) is 19.3 Å². The van der Waals surface area contributed by atoms with Crippen molar-refractivity contribution in [3.05, 3.63) is 23.3 Å². The standard InChI is InChI=1S/C16H20BFO4S/c1-7-8-12-9-13(11(2)14(10-12)23(18,19)20)17-21-15(3,4)16(5,6)22-17/h1,9-10H,8H2,2-6H3. The molecular formula is C16H20BFO4S. The maximum Gasteiger partial charge on any atom is 0.495 e. The lowest BCUT2D eigenvalue weighted by atomic mass is 9.75. The maximum atomic E-state index is 13.6. The van der Waals surface area contributed by atoms with Crippen molar-refractivity contribution >= 4 is 22.8 Å². The average molecular weight is 338 g/mol. The minimum Gasteiger partial charge on any atom is -0.399 e. The van der Waals surface area contributed by atoms with Crippen molar-refractivity contribution < 1.29 is 21.6 Å². The van der Waals surface area contributed by atoms with Crippen LogP contribution >= 0.6 is 0 Å². The largest absolute Gasteiger partial charge is 0.495 e. The molecule has 1 aliphatic heterocycles. The molecule has 7 heteroatoms. The third-order valence-corrected chi connectivity index (χ3v) is 5.49. The van der Waals surface area contributed by atoms with Crippen LogP contribution in [0.3, 0.4) is 0 Å². The van der Waals surface area contributed by atoms with Crippen molar-refractivity contribution in [2.45, 2.75) is 57.1 Å². The van der Waals surface area contributed by atoms with Crippen LogP contribution < -0.4 is 5.46 Å². The Labute approximate surface area is 137 Å². The molecule has 1 aromatic carbocycles. The van der Waals surface area contributed by atoms with Gasteiger partial charge in [-0.25, -0.2) is 0 Å². The van der Waals surface area contributed by atoms with Crippen molar-refractivity contribution in [1.29, 1.82) is 0 Å². The van der Waals surface area contributed by atoms with Gasteiger partial charge in [0.2, 0.25) is 0 Å². The molecule has 0 unspecified atom stereocenters. The van der Waals surface area contributed by atoms with Gasteiger partial charge < -0.3 is 9.31 Å². The summed E-state index contributed by atoms with van der Waals surface area (Å²) >= 11 is 0. The van der Waals surface area contributed by atoms with Crippen LogP contribution in [-0.4, -0.2) is 26.7 Å². The van der Waals surface area contributed by atoms with Gasteiger partial charge in [-0.1, -0.05) is 6.07 Å². The van der Waals surface area contributed by atoms with Gasteiger partial charge in [0.1, 0.15) is 4.90 Å². The van der Waals surface area contributed by atoms with Gasteiger partial charge >= 0.3 is 17.3 Å². The molecule has 1 aromatic rings. The molecule has 0 bridgehead atoms. The maximum absolute atomic E-state index is 13.6. The van der Waals surface area contributed by atoms with Gasteiger partial charge in [0, 0.05) is 6.42 Å². The summed E-state index contributed by atoms with van der Waals surface area (Å²) in [4.78, 5) is -0.394. The molecule has 0 aliphatic carbocycles. The fourth-order valence-electron chi connectivity index (χ4n) is 2.46. The van der Waals surface area contributed by atoms with E-state index in [1.165, 1.54) is 13.0 Å².